The molecule has 0 aliphatic carbocycles. The zero-order valence-corrected chi connectivity index (χ0v) is 11.3. The van der Waals surface area contributed by atoms with Gasteiger partial charge < -0.3 is 4.74 Å². The van der Waals surface area contributed by atoms with Gasteiger partial charge in [0.2, 0.25) is 0 Å². The molecule has 0 unspecified atom stereocenters. The average Bonchev–Trinajstić information content (AvgIpc) is 2.54. The Balaban J connectivity index is 2.71. The van der Waals surface area contributed by atoms with Gasteiger partial charge in [0.15, 0.2) is 0 Å². The summed E-state index contributed by atoms with van der Waals surface area (Å²) >= 11 is 0. The van der Waals surface area contributed by atoms with Crippen LogP contribution in [-0.2, 0) is 9.53 Å². The van der Waals surface area contributed by atoms with Gasteiger partial charge in [-0.05, 0) is 23.3 Å². The highest BCUT2D eigenvalue weighted by atomic mass is 19.1. The van der Waals surface area contributed by atoms with Gasteiger partial charge in [0, 0.05) is 5.57 Å². The Hall–Kier alpha value is -2.93. The van der Waals surface area contributed by atoms with Gasteiger partial charge in [-0.2, -0.15) is 0 Å². The molecule has 0 saturated heterocycles. The number of esters is 1. The molecule has 0 atom stereocenters. The Kier molecular flexibility index (Phi) is 4.47. The van der Waals surface area contributed by atoms with Crippen LogP contribution in [0.4, 0.5) is 4.39 Å². The van der Waals surface area contributed by atoms with Crippen molar-refractivity contribution in [2.24, 2.45) is 0 Å². The van der Waals surface area contributed by atoms with E-state index in [2.05, 4.69) is 9.58 Å². The maximum atomic E-state index is 13.1. The summed E-state index contributed by atoms with van der Waals surface area (Å²) < 4.78 is 17.8. The molecule has 0 N–H and O–H groups in total. The summed E-state index contributed by atoms with van der Waals surface area (Å²) in [6.45, 7) is 7.26. The van der Waals surface area contributed by atoms with Crippen molar-refractivity contribution in [3.8, 4) is 0 Å². The first-order chi connectivity index (χ1) is 10.2. The summed E-state index contributed by atoms with van der Waals surface area (Å²) in [7, 11) is 1.22. The highest BCUT2D eigenvalue weighted by Gasteiger charge is 2.19. The Labute approximate surface area is 122 Å². The van der Waals surface area contributed by atoms with Gasteiger partial charge in [-0.15, -0.1) is 0 Å². The van der Waals surface area contributed by atoms with E-state index >= 15 is 0 Å². The molecule has 0 spiro atoms. The van der Waals surface area contributed by atoms with Crippen molar-refractivity contribution in [2.75, 3.05) is 7.11 Å². The molecule has 2 aromatic carbocycles. The second-order valence-corrected chi connectivity index (χ2v) is 4.20. The van der Waals surface area contributed by atoms with Gasteiger partial charge in [0.05, 0.1) is 13.7 Å². The van der Waals surface area contributed by atoms with Crippen LogP contribution in [0.3, 0.4) is 0 Å². The molecule has 104 valence electrons. The molecule has 0 aliphatic heterocycles. The summed E-state index contributed by atoms with van der Waals surface area (Å²) in [4.78, 5) is 15.1. The summed E-state index contributed by atoms with van der Waals surface area (Å²) in [5.41, 5.74) is 1.58. The van der Waals surface area contributed by atoms with Crippen LogP contribution in [0.2, 0.25) is 0 Å². The standard InChI is InChI=1S/C17H12FNO2/c1-19-16(17(20)21-2)15(12-6-4-3-5-7-12)13-8-10-14(18)11-9-13/h3-11H,2H3/b16-15-. The monoisotopic (exact) mass is 281 g/mol. The minimum absolute atomic E-state index is 0.129. The number of carbonyl (C=O) groups is 1. The summed E-state index contributed by atoms with van der Waals surface area (Å²) in [6.07, 6.45) is 0. The number of rotatable bonds is 3. The Morgan fingerprint density at radius 2 is 1.62 bits per heavy atom. The van der Waals surface area contributed by atoms with Gasteiger partial charge in [-0.3, -0.25) is 4.79 Å². The number of hydrogen-bond acceptors (Lipinski definition) is 2. The highest BCUT2D eigenvalue weighted by Crippen LogP contribution is 2.28. The van der Waals surface area contributed by atoms with Crippen molar-refractivity contribution in [3.05, 3.63) is 88.7 Å². The van der Waals surface area contributed by atoms with Crippen LogP contribution in [0.5, 0.6) is 0 Å². The molecule has 0 fully saturated rings. The summed E-state index contributed by atoms with van der Waals surface area (Å²) in [5.74, 6) is -1.10. The third-order valence-electron chi connectivity index (χ3n) is 2.92. The lowest BCUT2D eigenvalue weighted by atomic mass is 9.96. The molecule has 0 radical (unpaired) electrons. The normalized spacial score (nSPS) is 11.3. The van der Waals surface area contributed by atoms with Crippen LogP contribution < -0.4 is 0 Å². The van der Waals surface area contributed by atoms with Crippen molar-refractivity contribution in [3.63, 3.8) is 0 Å². The van der Waals surface area contributed by atoms with Gasteiger partial charge in [-0.1, -0.05) is 42.5 Å². The Morgan fingerprint density at radius 1 is 1.05 bits per heavy atom. The van der Waals surface area contributed by atoms with E-state index in [1.807, 2.05) is 6.07 Å². The summed E-state index contributed by atoms with van der Waals surface area (Å²) in [6, 6.07) is 14.7. The first-order valence-corrected chi connectivity index (χ1v) is 6.18. The van der Waals surface area contributed by atoms with Crippen LogP contribution in [0.1, 0.15) is 11.1 Å². The van der Waals surface area contributed by atoms with Crippen LogP contribution in [0.15, 0.2) is 60.3 Å². The minimum atomic E-state index is -0.715. The van der Waals surface area contributed by atoms with Crippen molar-refractivity contribution in [1.29, 1.82) is 0 Å². The molecule has 0 bridgehead atoms. The van der Waals surface area contributed by atoms with Crippen LogP contribution >= 0.6 is 0 Å². The number of halogens is 1. The molecule has 4 heteroatoms. The van der Waals surface area contributed by atoms with Gasteiger partial charge in [0.25, 0.3) is 5.70 Å². The molecule has 0 heterocycles. The van der Waals surface area contributed by atoms with Crippen molar-refractivity contribution >= 4 is 11.5 Å². The van der Waals surface area contributed by atoms with Crippen LogP contribution in [0, 0.1) is 12.4 Å². The second-order valence-electron chi connectivity index (χ2n) is 4.20. The number of benzene rings is 2. The number of ether oxygens (including phenoxy) is 1. The molecule has 2 aromatic rings. The van der Waals surface area contributed by atoms with Gasteiger partial charge in [0.1, 0.15) is 5.82 Å². The smallest absolute Gasteiger partial charge is 0.336 e. The minimum Gasteiger partial charge on any atom is -0.474 e. The zero-order valence-electron chi connectivity index (χ0n) is 11.3. The molecule has 0 aliphatic rings. The third kappa shape index (κ3) is 3.15. The molecule has 2 rings (SSSR count). The molecule has 0 amide bonds. The predicted molar refractivity (Wildman–Crippen MR) is 77.5 cm³/mol. The third-order valence-corrected chi connectivity index (χ3v) is 2.92. The Bertz CT molecular complexity index is 713. The highest BCUT2D eigenvalue weighted by molar-refractivity contribution is 6.03. The number of hydrogen-bond donors (Lipinski definition) is 0. The van der Waals surface area contributed by atoms with Gasteiger partial charge >= 0.3 is 5.97 Å². The van der Waals surface area contributed by atoms with Crippen molar-refractivity contribution in [1.82, 2.24) is 0 Å². The largest absolute Gasteiger partial charge is 0.474 e. The number of nitrogens with zero attached hydrogens (tertiary/aromatic N) is 1. The van der Waals surface area contributed by atoms with E-state index in [1.54, 1.807) is 24.3 Å². The fraction of sp³-hybridized carbons (Fsp3) is 0.0588. The first-order valence-electron chi connectivity index (χ1n) is 6.18. The molecular weight excluding hydrogens is 269 g/mol. The molecule has 0 aromatic heterocycles. The maximum Gasteiger partial charge on any atom is 0.336 e. The fourth-order valence-corrected chi connectivity index (χ4v) is 1.96. The zero-order chi connectivity index (χ0) is 15.2. The predicted octanol–water partition coefficient (Wildman–Crippen LogP) is 3.68. The molecule has 0 saturated carbocycles. The van der Waals surface area contributed by atoms with E-state index in [0.717, 1.165) is 0 Å². The van der Waals surface area contributed by atoms with E-state index < -0.39 is 5.97 Å². The number of carbonyl (C=O) groups excluding carboxylic acids is 1. The van der Waals surface area contributed by atoms with Crippen molar-refractivity contribution in [2.45, 2.75) is 0 Å². The average molecular weight is 281 g/mol. The lowest BCUT2D eigenvalue weighted by Crippen LogP contribution is -2.05. The second kappa shape index (κ2) is 6.49. The van der Waals surface area contributed by atoms with E-state index in [4.69, 9.17) is 6.57 Å². The van der Waals surface area contributed by atoms with Crippen LogP contribution in [0.25, 0.3) is 10.4 Å². The van der Waals surface area contributed by atoms with E-state index in [9.17, 15) is 9.18 Å². The molecule has 3 nitrogen and oxygen atoms in total. The lowest BCUT2D eigenvalue weighted by Gasteiger charge is -2.11. The SMILES string of the molecule is [C-]#[N+]/C(C(=O)OC)=C(/c1ccccc1)c1ccc(F)cc1. The topological polar surface area (TPSA) is 30.7 Å². The summed E-state index contributed by atoms with van der Waals surface area (Å²) in [5, 5.41) is 0. The first kappa shape index (κ1) is 14.5. The van der Waals surface area contributed by atoms with Crippen molar-refractivity contribution < 1.29 is 13.9 Å². The van der Waals surface area contributed by atoms with Crippen LogP contribution in [-0.4, -0.2) is 13.1 Å². The Morgan fingerprint density at radius 3 is 2.14 bits per heavy atom. The van der Waals surface area contributed by atoms with E-state index in [0.29, 0.717) is 16.7 Å². The lowest BCUT2D eigenvalue weighted by molar-refractivity contribution is -0.135. The quantitative estimate of drug-likeness (QED) is 0.488. The molecular formula is C17H12FNO2. The van der Waals surface area contributed by atoms with E-state index in [-0.39, 0.29) is 11.5 Å². The van der Waals surface area contributed by atoms with Gasteiger partial charge in [-0.25, -0.2) is 9.24 Å². The fourth-order valence-electron chi connectivity index (χ4n) is 1.96. The molecule has 21 heavy (non-hydrogen) atoms. The van der Waals surface area contributed by atoms with E-state index in [1.165, 1.54) is 31.4 Å². The maximum absolute atomic E-state index is 13.1. The number of methoxy groups -OCH3 is 1.